The molecule has 0 spiro atoms. The Kier molecular flexibility index (Phi) is 4.96. The second-order valence-corrected chi connectivity index (χ2v) is 4.71. The molecule has 100 valence electrons. The van der Waals surface area contributed by atoms with Crippen molar-refractivity contribution in [1.82, 2.24) is 10.3 Å². The Bertz CT molecular complexity index is 353. The molecule has 2 heterocycles. The molecule has 1 aromatic heterocycles. The van der Waals surface area contributed by atoms with Gasteiger partial charge in [-0.15, -0.1) is 0 Å². The van der Waals surface area contributed by atoms with Crippen molar-refractivity contribution in [3.63, 3.8) is 0 Å². The molecule has 1 saturated heterocycles. The van der Waals surface area contributed by atoms with Crippen molar-refractivity contribution in [3.8, 4) is 5.88 Å². The van der Waals surface area contributed by atoms with E-state index in [-0.39, 0.29) is 0 Å². The van der Waals surface area contributed by atoms with Gasteiger partial charge in [-0.1, -0.05) is 13.0 Å². The number of hydrogen-bond acceptors (Lipinski definition) is 4. The molecule has 2 atom stereocenters. The molecule has 1 fully saturated rings. The normalized spacial score (nSPS) is 23.9. The Balaban J connectivity index is 1.79. The molecule has 4 heteroatoms. The smallest absolute Gasteiger partial charge is 0.212 e. The predicted octanol–water partition coefficient (Wildman–Crippen LogP) is 2.14. The fourth-order valence-corrected chi connectivity index (χ4v) is 2.25. The van der Waals surface area contributed by atoms with Crippen molar-refractivity contribution in [2.45, 2.75) is 44.9 Å². The van der Waals surface area contributed by atoms with Gasteiger partial charge in [-0.25, -0.2) is 4.98 Å². The molecule has 0 radical (unpaired) electrons. The Labute approximate surface area is 109 Å². The van der Waals surface area contributed by atoms with Crippen LogP contribution in [0.15, 0.2) is 18.3 Å². The minimum absolute atomic E-state index is 0.422. The summed E-state index contributed by atoms with van der Waals surface area (Å²) in [5, 5.41) is 3.58. The first-order chi connectivity index (χ1) is 8.81. The summed E-state index contributed by atoms with van der Waals surface area (Å²) >= 11 is 0. The fourth-order valence-electron chi connectivity index (χ4n) is 2.25. The van der Waals surface area contributed by atoms with Gasteiger partial charge < -0.3 is 14.8 Å². The number of rotatable bonds is 5. The van der Waals surface area contributed by atoms with E-state index in [2.05, 4.69) is 23.3 Å². The average Bonchev–Trinajstić information content (AvgIpc) is 2.46. The number of nitrogens with zero attached hydrogens (tertiary/aromatic N) is 1. The van der Waals surface area contributed by atoms with E-state index in [0.717, 1.165) is 32.4 Å². The van der Waals surface area contributed by atoms with Crippen LogP contribution >= 0.6 is 0 Å². The van der Waals surface area contributed by atoms with E-state index in [1.807, 2.05) is 12.3 Å². The number of ether oxygens (including phenoxy) is 2. The van der Waals surface area contributed by atoms with E-state index < -0.39 is 0 Å². The largest absolute Gasteiger partial charge is 0.481 e. The molecule has 2 unspecified atom stereocenters. The van der Waals surface area contributed by atoms with E-state index in [1.54, 1.807) is 7.11 Å². The highest BCUT2D eigenvalue weighted by atomic mass is 16.5. The maximum absolute atomic E-state index is 5.67. The Morgan fingerprint density at radius 3 is 3.06 bits per heavy atom. The summed E-state index contributed by atoms with van der Waals surface area (Å²) in [6.07, 6.45) is 5.59. The summed E-state index contributed by atoms with van der Waals surface area (Å²) in [6.45, 7) is 3.91. The van der Waals surface area contributed by atoms with Crippen molar-refractivity contribution in [1.29, 1.82) is 0 Å². The molecule has 0 amide bonds. The molecule has 0 aliphatic carbocycles. The monoisotopic (exact) mass is 250 g/mol. The second-order valence-electron chi connectivity index (χ2n) is 4.71. The van der Waals surface area contributed by atoms with Gasteiger partial charge in [-0.05, 0) is 24.8 Å². The Morgan fingerprint density at radius 1 is 1.50 bits per heavy atom. The molecular weight excluding hydrogens is 228 g/mol. The van der Waals surface area contributed by atoms with Crippen LogP contribution in [0.3, 0.4) is 0 Å². The number of hydrogen-bond donors (Lipinski definition) is 1. The first kappa shape index (κ1) is 13.3. The summed E-state index contributed by atoms with van der Waals surface area (Å²) in [5.74, 6) is 0.663. The van der Waals surface area contributed by atoms with Crippen LogP contribution in [0.1, 0.15) is 31.7 Å². The standard InChI is InChI=1S/C14H22N2O2/c1-3-13-8-12(6-7-18-13)15-9-11-4-5-14(17-2)16-10-11/h4-5,10,12-13,15H,3,6-9H2,1-2H3. The summed E-state index contributed by atoms with van der Waals surface area (Å²) in [4.78, 5) is 4.21. The van der Waals surface area contributed by atoms with E-state index in [0.29, 0.717) is 18.0 Å². The van der Waals surface area contributed by atoms with Gasteiger partial charge in [0.2, 0.25) is 5.88 Å². The van der Waals surface area contributed by atoms with Gasteiger partial charge in [0.1, 0.15) is 0 Å². The first-order valence-corrected chi connectivity index (χ1v) is 6.65. The molecule has 1 aliphatic heterocycles. The molecule has 1 N–H and O–H groups in total. The van der Waals surface area contributed by atoms with Crippen molar-refractivity contribution >= 4 is 0 Å². The topological polar surface area (TPSA) is 43.4 Å². The second kappa shape index (κ2) is 6.71. The van der Waals surface area contributed by atoms with E-state index in [9.17, 15) is 0 Å². The lowest BCUT2D eigenvalue weighted by Gasteiger charge is -2.29. The number of pyridine rings is 1. The summed E-state index contributed by atoms with van der Waals surface area (Å²) in [7, 11) is 1.63. The summed E-state index contributed by atoms with van der Waals surface area (Å²) in [5.41, 5.74) is 1.19. The molecule has 4 nitrogen and oxygen atoms in total. The van der Waals surface area contributed by atoms with Crippen molar-refractivity contribution in [3.05, 3.63) is 23.9 Å². The Hall–Kier alpha value is -1.13. The van der Waals surface area contributed by atoms with Gasteiger partial charge in [0, 0.05) is 31.5 Å². The van der Waals surface area contributed by atoms with E-state index in [4.69, 9.17) is 9.47 Å². The zero-order chi connectivity index (χ0) is 12.8. The third kappa shape index (κ3) is 3.68. The van der Waals surface area contributed by atoms with Crippen LogP contribution in [0.25, 0.3) is 0 Å². The predicted molar refractivity (Wildman–Crippen MR) is 70.7 cm³/mol. The molecule has 0 aromatic carbocycles. The van der Waals surface area contributed by atoms with Crippen LogP contribution in [0, 0.1) is 0 Å². The molecule has 0 bridgehead atoms. The minimum atomic E-state index is 0.422. The average molecular weight is 250 g/mol. The number of aromatic nitrogens is 1. The lowest BCUT2D eigenvalue weighted by atomic mass is 10.0. The van der Waals surface area contributed by atoms with Crippen LogP contribution in [-0.2, 0) is 11.3 Å². The molecular formula is C14H22N2O2. The van der Waals surface area contributed by atoms with Gasteiger partial charge in [0.25, 0.3) is 0 Å². The molecule has 18 heavy (non-hydrogen) atoms. The van der Waals surface area contributed by atoms with Crippen LogP contribution in [0.2, 0.25) is 0 Å². The van der Waals surface area contributed by atoms with Gasteiger partial charge in [-0.3, -0.25) is 0 Å². The zero-order valence-electron chi connectivity index (χ0n) is 11.2. The molecule has 0 saturated carbocycles. The van der Waals surface area contributed by atoms with Gasteiger partial charge >= 0.3 is 0 Å². The quantitative estimate of drug-likeness (QED) is 0.869. The van der Waals surface area contributed by atoms with Crippen LogP contribution in [-0.4, -0.2) is 30.8 Å². The molecule has 2 rings (SSSR count). The SMILES string of the molecule is CCC1CC(NCc2ccc(OC)nc2)CCO1. The lowest BCUT2D eigenvalue weighted by Crippen LogP contribution is -2.38. The lowest BCUT2D eigenvalue weighted by molar-refractivity contribution is -0.000322. The van der Waals surface area contributed by atoms with E-state index >= 15 is 0 Å². The van der Waals surface area contributed by atoms with Crippen molar-refractivity contribution in [2.24, 2.45) is 0 Å². The molecule has 1 aromatic rings. The van der Waals surface area contributed by atoms with Crippen LogP contribution in [0.4, 0.5) is 0 Å². The third-order valence-corrected chi connectivity index (χ3v) is 3.42. The maximum Gasteiger partial charge on any atom is 0.212 e. The van der Waals surface area contributed by atoms with E-state index in [1.165, 1.54) is 5.56 Å². The van der Waals surface area contributed by atoms with Gasteiger partial charge in [0.05, 0.1) is 13.2 Å². The van der Waals surface area contributed by atoms with Crippen LogP contribution in [0.5, 0.6) is 5.88 Å². The third-order valence-electron chi connectivity index (χ3n) is 3.42. The highest BCUT2D eigenvalue weighted by molar-refractivity contribution is 5.17. The van der Waals surface area contributed by atoms with Gasteiger partial charge in [-0.2, -0.15) is 0 Å². The number of methoxy groups -OCH3 is 1. The van der Waals surface area contributed by atoms with Gasteiger partial charge in [0.15, 0.2) is 0 Å². The Morgan fingerprint density at radius 2 is 2.39 bits per heavy atom. The fraction of sp³-hybridized carbons (Fsp3) is 0.643. The highest BCUT2D eigenvalue weighted by Gasteiger charge is 2.20. The summed E-state index contributed by atoms with van der Waals surface area (Å²) < 4.78 is 10.7. The molecule has 1 aliphatic rings. The first-order valence-electron chi connectivity index (χ1n) is 6.65. The van der Waals surface area contributed by atoms with Crippen molar-refractivity contribution < 1.29 is 9.47 Å². The maximum atomic E-state index is 5.67. The minimum Gasteiger partial charge on any atom is -0.481 e. The zero-order valence-corrected chi connectivity index (χ0v) is 11.2. The summed E-state index contributed by atoms with van der Waals surface area (Å²) in [6, 6.07) is 4.51. The van der Waals surface area contributed by atoms with Crippen LogP contribution < -0.4 is 10.1 Å². The highest BCUT2D eigenvalue weighted by Crippen LogP contribution is 2.16. The van der Waals surface area contributed by atoms with Crippen molar-refractivity contribution in [2.75, 3.05) is 13.7 Å². The number of nitrogens with one attached hydrogen (secondary N) is 1.